The number of hydrogen-bond donors (Lipinski definition) is 2. The van der Waals surface area contributed by atoms with Gasteiger partial charge in [-0.15, -0.1) is 0 Å². The number of esters is 2. The molecule has 1 heterocycles. The molecular formula is C20H26N2O6. The highest BCUT2D eigenvalue weighted by molar-refractivity contribution is 5.94. The van der Waals surface area contributed by atoms with E-state index in [1.54, 1.807) is 19.9 Å². The van der Waals surface area contributed by atoms with Crippen LogP contribution in [0.3, 0.4) is 0 Å². The number of carbonyl (C=O) groups excluding carboxylic acids is 3. The summed E-state index contributed by atoms with van der Waals surface area (Å²) < 4.78 is 15.8. The van der Waals surface area contributed by atoms with E-state index in [4.69, 9.17) is 14.2 Å². The largest absolute Gasteiger partial charge is 0.482 e. The second-order valence-corrected chi connectivity index (χ2v) is 6.57. The SMILES string of the molecule is CCOC(=O)C1=C(COC(=O)COc2ccccc2C(C)C)NC(=O)N[C@H]1C. The summed E-state index contributed by atoms with van der Waals surface area (Å²) in [7, 11) is 0. The molecule has 1 aromatic rings. The van der Waals surface area contributed by atoms with E-state index in [-0.39, 0.29) is 37.0 Å². The molecule has 2 N–H and O–H groups in total. The number of benzene rings is 1. The fourth-order valence-electron chi connectivity index (χ4n) is 2.81. The molecule has 1 aliphatic heterocycles. The van der Waals surface area contributed by atoms with Crippen LogP contribution in [0.4, 0.5) is 4.79 Å². The highest BCUT2D eigenvalue weighted by atomic mass is 16.6. The second kappa shape index (κ2) is 9.77. The average molecular weight is 390 g/mol. The van der Waals surface area contributed by atoms with E-state index >= 15 is 0 Å². The van der Waals surface area contributed by atoms with Gasteiger partial charge in [-0.2, -0.15) is 0 Å². The van der Waals surface area contributed by atoms with Gasteiger partial charge in [-0.05, 0) is 31.4 Å². The van der Waals surface area contributed by atoms with Crippen LogP contribution in [0.1, 0.15) is 39.2 Å². The van der Waals surface area contributed by atoms with Gasteiger partial charge in [0.25, 0.3) is 0 Å². The van der Waals surface area contributed by atoms with Crippen molar-refractivity contribution in [1.29, 1.82) is 0 Å². The number of urea groups is 1. The molecule has 0 bridgehead atoms. The van der Waals surface area contributed by atoms with Crippen molar-refractivity contribution in [2.45, 2.75) is 39.7 Å². The molecule has 1 atom stereocenters. The zero-order valence-electron chi connectivity index (χ0n) is 16.5. The van der Waals surface area contributed by atoms with E-state index in [0.717, 1.165) is 5.56 Å². The Bertz CT molecular complexity index is 772. The number of para-hydroxylation sites is 1. The molecule has 152 valence electrons. The number of hydrogen-bond acceptors (Lipinski definition) is 6. The van der Waals surface area contributed by atoms with Crippen LogP contribution in [-0.4, -0.2) is 43.8 Å². The van der Waals surface area contributed by atoms with E-state index in [2.05, 4.69) is 10.6 Å². The third-order valence-electron chi connectivity index (χ3n) is 4.13. The van der Waals surface area contributed by atoms with Crippen LogP contribution in [0.2, 0.25) is 0 Å². The first-order chi connectivity index (χ1) is 13.3. The van der Waals surface area contributed by atoms with Gasteiger partial charge in [0.05, 0.1) is 23.9 Å². The Morgan fingerprint density at radius 3 is 2.57 bits per heavy atom. The third-order valence-corrected chi connectivity index (χ3v) is 4.13. The van der Waals surface area contributed by atoms with E-state index in [1.807, 2.05) is 32.0 Å². The Kier molecular flexibility index (Phi) is 7.43. The highest BCUT2D eigenvalue weighted by Gasteiger charge is 2.30. The van der Waals surface area contributed by atoms with Gasteiger partial charge in [-0.1, -0.05) is 32.0 Å². The summed E-state index contributed by atoms with van der Waals surface area (Å²) in [5.74, 6) is -0.328. The van der Waals surface area contributed by atoms with Crippen LogP contribution >= 0.6 is 0 Å². The van der Waals surface area contributed by atoms with Gasteiger partial charge in [0.2, 0.25) is 0 Å². The molecule has 0 spiro atoms. The van der Waals surface area contributed by atoms with E-state index in [0.29, 0.717) is 5.75 Å². The monoisotopic (exact) mass is 390 g/mol. The Labute approximate surface area is 164 Å². The first-order valence-electron chi connectivity index (χ1n) is 9.18. The molecule has 28 heavy (non-hydrogen) atoms. The molecule has 8 nitrogen and oxygen atoms in total. The molecule has 1 aliphatic rings. The summed E-state index contributed by atoms with van der Waals surface area (Å²) in [6.07, 6.45) is 0. The maximum Gasteiger partial charge on any atom is 0.344 e. The summed E-state index contributed by atoms with van der Waals surface area (Å²) in [5, 5.41) is 5.08. The van der Waals surface area contributed by atoms with Gasteiger partial charge in [0.1, 0.15) is 12.4 Å². The average Bonchev–Trinajstić information content (AvgIpc) is 2.64. The summed E-state index contributed by atoms with van der Waals surface area (Å²) in [4.78, 5) is 35.9. The molecule has 0 unspecified atom stereocenters. The van der Waals surface area contributed by atoms with Crippen molar-refractivity contribution in [2.75, 3.05) is 19.8 Å². The molecule has 0 fully saturated rings. The predicted octanol–water partition coefficient (Wildman–Crippen LogP) is 2.25. The van der Waals surface area contributed by atoms with Crippen molar-refractivity contribution in [3.63, 3.8) is 0 Å². The van der Waals surface area contributed by atoms with Gasteiger partial charge in [0.15, 0.2) is 6.61 Å². The number of rotatable bonds is 8. The number of amides is 2. The minimum atomic E-state index is -0.616. The highest BCUT2D eigenvalue weighted by Crippen LogP contribution is 2.25. The predicted molar refractivity (Wildman–Crippen MR) is 102 cm³/mol. The molecule has 2 amide bonds. The van der Waals surface area contributed by atoms with Crippen LogP contribution in [0, 0.1) is 0 Å². The van der Waals surface area contributed by atoms with Gasteiger partial charge in [0, 0.05) is 0 Å². The minimum absolute atomic E-state index is 0.194. The van der Waals surface area contributed by atoms with Crippen molar-refractivity contribution in [1.82, 2.24) is 10.6 Å². The lowest BCUT2D eigenvalue weighted by Crippen LogP contribution is -2.50. The molecule has 0 radical (unpaired) electrons. The van der Waals surface area contributed by atoms with Gasteiger partial charge in [-0.25, -0.2) is 14.4 Å². The van der Waals surface area contributed by atoms with Crippen LogP contribution in [-0.2, 0) is 19.1 Å². The molecule has 8 heteroatoms. The third kappa shape index (κ3) is 5.48. The first-order valence-corrected chi connectivity index (χ1v) is 9.18. The summed E-state index contributed by atoms with van der Waals surface area (Å²) >= 11 is 0. The maximum absolute atomic E-state index is 12.1. The molecule has 0 saturated carbocycles. The Balaban J connectivity index is 2.01. The van der Waals surface area contributed by atoms with E-state index in [9.17, 15) is 14.4 Å². The summed E-state index contributed by atoms with van der Waals surface area (Å²) in [6.45, 7) is 7.05. The van der Waals surface area contributed by atoms with Gasteiger partial charge < -0.3 is 24.8 Å². The quantitative estimate of drug-likeness (QED) is 0.660. The van der Waals surface area contributed by atoms with Crippen molar-refractivity contribution in [3.8, 4) is 5.75 Å². The van der Waals surface area contributed by atoms with E-state index in [1.165, 1.54) is 0 Å². The topological polar surface area (TPSA) is 103 Å². The van der Waals surface area contributed by atoms with Crippen LogP contribution in [0.15, 0.2) is 35.5 Å². The second-order valence-electron chi connectivity index (χ2n) is 6.57. The summed E-state index contributed by atoms with van der Waals surface area (Å²) in [6, 6.07) is 6.43. The lowest BCUT2D eigenvalue weighted by Gasteiger charge is -2.26. The van der Waals surface area contributed by atoms with Crippen LogP contribution in [0.25, 0.3) is 0 Å². The van der Waals surface area contributed by atoms with Crippen molar-refractivity contribution in [3.05, 3.63) is 41.1 Å². The van der Waals surface area contributed by atoms with Crippen molar-refractivity contribution >= 4 is 18.0 Å². The van der Waals surface area contributed by atoms with Crippen LogP contribution in [0.5, 0.6) is 5.75 Å². The summed E-state index contributed by atoms with van der Waals surface area (Å²) in [5.41, 5.74) is 1.41. The van der Waals surface area contributed by atoms with Crippen molar-refractivity contribution < 1.29 is 28.6 Å². The van der Waals surface area contributed by atoms with Gasteiger partial charge in [-0.3, -0.25) is 0 Å². The smallest absolute Gasteiger partial charge is 0.344 e. The Morgan fingerprint density at radius 2 is 1.89 bits per heavy atom. The lowest BCUT2D eigenvalue weighted by atomic mass is 10.0. The lowest BCUT2D eigenvalue weighted by molar-refractivity contribution is -0.145. The Morgan fingerprint density at radius 1 is 1.18 bits per heavy atom. The number of carbonyl (C=O) groups is 3. The zero-order valence-corrected chi connectivity index (χ0v) is 16.5. The molecule has 1 aromatic carbocycles. The fourth-order valence-corrected chi connectivity index (χ4v) is 2.81. The minimum Gasteiger partial charge on any atom is -0.482 e. The number of nitrogens with one attached hydrogen (secondary N) is 2. The molecule has 0 aliphatic carbocycles. The molecule has 0 aromatic heterocycles. The van der Waals surface area contributed by atoms with Gasteiger partial charge >= 0.3 is 18.0 Å². The van der Waals surface area contributed by atoms with E-state index < -0.39 is 24.0 Å². The molecule has 2 rings (SSSR count). The maximum atomic E-state index is 12.1. The fraction of sp³-hybridized carbons (Fsp3) is 0.450. The molecular weight excluding hydrogens is 364 g/mol. The normalized spacial score (nSPS) is 16.3. The van der Waals surface area contributed by atoms with Crippen molar-refractivity contribution in [2.24, 2.45) is 0 Å². The Hall–Kier alpha value is -3.03. The van der Waals surface area contributed by atoms with Crippen LogP contribution < -0.4 is 15.4 Å². The first kappa shape index (κ1) is 21.3. The number of ether oxygens (including phenoxy) is 3. The zero-order chi connectivity index (χ0) is 20.7. The molecule has 0 saturated heterocycles. The standard InChI is InChI=1S/C20H26N2O6/c1-5-26-19(24)18-13(4)21-20(25)22-15(18)10-28-17(23)11-27-16-9-7-6-8-14(16)12(2)3/h6-9,12-13H,5,10-11H2,1-4H3,(H2,21,22,25)/t13-/m0/s1.